The average molecular weight is 444 g/mol. The minimum Gasteiger partial charge on any atom is -0.479 e. The molecule has 1 atom stereocenters. The first kappa shape index (κ1) is 17.7. The van der Waals surface area contributed by atoms with Crippen LogP contribution in [-0.4, -0.2) is 22.9 Å². The van der Waals surface area contributed by atoms with Crippen molar-refractivity contribution >= 4 is 49.9 Å². The van der Waals surface area contributed by atoms with Gasteiger partial charge in [0.15, 0.2) is 11.2 Å². The van der Waals surface area contributed by atoms with Gasteiger partial charge >= 0.3 is 0 Å². The van der Waals surface area contributed by atoms with E-state index in [1.807, 2.05) is 29.6 Å². The lowest BCUT2D eigenvalue weighted by molar-refractivity contribution is -0.122. The summed E-state index contributed by atoms with van der Waals surface area (Å²) >= 11 is 4.68. The van der Waals surface area contributed by atoms with Gasteiger partial charge in [-0.1, -0.05) is 15.9 Å². The molecule has 0 fully saturated rings. The second-order valence-electron chi connectivity index (χ2n) is 5.96. The molecule has 27 heavy (non-hydrogen) atoms. The van der Waals surface area contributed by atoms with E-state index in [2.05, 4.69) is 31.5 Å². The van der Waals surface area contributed by atoms with Crippen molar-refractivity contribution in [2.24, 2.45) is 0 Å². The van der Waals surface area contributed by atoms with Crippen LogP contribution in [0.5, 0.6) is 5.75 Å². The first-order chi connectivity index (χ1) is 13.0. The molecule has 0 radical (unpaired) electrons. The molecule has 2 heterocycles. The van der Waals surface area contributed by atoms with Gasteiger partial charge in [0.05, 0.1) is 11.4 Å². The molecule has 8 heteroatoms. The van der Waals surface area contributed by atoms with Crippen LogP contribution in [0.3, 0.4) is 0 Å². The molecule has 0 aliphatic carbocycles. The number of hydrogen-bond acceptors (Lipinski definition) is 5. The summed E-state index contributed by atoms with van der Waals surface area (Å²) in [6, 6.07) is 12.6. The summed E-state index contributed by atoms with van der Waals surface area (Å²) in [4.78, 5) is 28.6. The summed E-state index contributed by atoms with van der Waals surface area (Å²) in [5.41, 5.74) is 2.70. The predicted octanol–water partition coefficient (Wildman–Crippen LogP) is 4.54. The van der Waals surface area contributed by atoms with Crippen LogP contribution in [0.1, 0.15) is 17.3 Å². The summed E-state index contributed by atoms with van der Waals surface area (Å²) in [5, 5.41) is 7.98. The molecule has 4 rings (SSSR count). The van der Waals surface area contributed by atoms with Crippen LogP contribution >= 0.6 is 27.3 Å². The monoisotopic (exact) mass is 443 g/mol. The smallest absolute Gasteiger partial charge is 0.265 e. The molecule has 2 amide bonds. The van der Waals surface area contributed by atoms with Crippen molar-refractivity contribution < 1.29 is 14.3 Å². The van der Waals surface area contributed by atoms with Crippen molar-refractivity contribution in [2.75, 3.05) is 10.6 Å². The SMILES string of the molecule is CC1Oc2ccc(-c3csc(NC(=O)c4ccc(Br)cc4)n3)cc2NC1=O. The van der Waals surface area contributed by atoms with Gasteiger partial charge in [-0.05, 0) is 49.4 Å². The van der Waals surface area contributed by atoms with Gasteiger partial charge < -0.3 is 10.1 Å². The minimum atomic E-state index is -0.511. The second kappa shape index (κ2) is 7.13. The van der Waals surface area contributed by atoms with Gasteiger partial charge in [-0.2, -0.15) is 0 Å². The van der Waals surface area contributed by atoms with Gasteiger partial charge in [0.25, 0.3) is 11.8 Å². The topological polar surface area (TPSA) is 80.3 Å². The zero-order valence-corrected chi connectivity index (χ0v) is 16.6. The molecular weight excluding hydrogens is 430 g/mol. The third-order valence-corrected chi connectivity index (χ3v) is 5.32. The molecule has 2 aromatic carbocycles. The van der Waals surface area contributed by atoms with E-state index in [0.29, 0.717) is 27.8 Å². The fourth-order valence-electron chi connectivity index (χ4n) is 2.60. The maximum Gasteiger partial charge on any atom is 0.265 e. The highest BCUT2D eigenvalue weighted by Crippen LogP contribution is 2.35. The highest BCUT2D eigenvalue weighted by Gasteiger charge is 2.24. The summed E-state index contributed by atoms with van der Waals surface area (Å²) < 4.78 is 6.47. The Labute approximate surface area is 167 Å². The number of amides is 2. The summed E-state index contributed by atoms with van der Waals surface area (Å²) in [5.74, 6) is 0.230. The molecule has 6 nitrogen and oxygen atoms in total. The number of benzene rings is 2. The molecule has 1 aliphatic heterocycles. The largest absolute Gasteiger partial charge is 0.479 e. The van der Waals surface area contributed by atoms with E-state index < -0.39 is 6.10 Å². The second-order valence-corrected chi connectivity index (χ2v) is 7.73. The summed E-state index contributed by atoms with van der Waals surface area (Å²) in [6.07, 6.45) is -0.511. The molecule has 0 saturated carbocycles. The number of aromatic nitrogens is 1. The number of thiazole rings is 1. The maximum atomic E-state index is 12.3. The lowest BCUT2D eigenvalue weighted by Crippen LogP contribution is -2.34. The van der Waals surface area contributed by atoms with Gasteiger partial charge in [-0.3, -0.25) is 14.9 Å². The van der Waals surface area contributed by atoms with Crippen molar-refractivity contribution in [3.05, 3.63) is 57.9 Å². The number of carbonyl (C=O) groups is 2. The average Bonchev–Trinajstić information content (AvgIpc) is 3.11. The van der Waals surface area contributed by atoms with Gasteiger partial charge in [0.2, 0.25) is 0 Å². The minimum absolute atomic E-state index is 0.180. The van der Waals surface area contributed by atoms with E-state index in [1.165, 1.54) is 11.3 Å². The Morgan fingerprint density at radius 2 is 2.04 bits per heavy atom. The van der Waals surface area contributed by atoms with Crippen LogP contribution in [0, 0.1) is 0 Å². The Kier molecular flexibility index (Phi) is 4.67. The number of anilines is 2. The van der Waals surface area contributed by atoms with Crippen LogP contribution in [-0.2, 0) is 4.79 Å². The zero-order chi connectivity index (χ0) is 19.0. The van der Waals surface area contributed by atoms with E-state index in [-0.39, 0.29) is 11.8 Å². The number of nitrogens with zero attached hydrogens (tertiary/aromatic N) is 1. The molecule has 1 unspecified atom stereocenters. The fourth-order valence-corrected chi connectivity index (χ4v) is 3.58. The lowest BCUT2D eigenvalue weighted by atomic mass is 10.1. The van der Waals surface area contributed by atoms with Crippen LogP contribution < -0.4 is 15.4 Å². The number of halogens is 1. The molecular formula is C19H14BrN3O3S. The van der Waals surface area contributed by atoms with Crippen LogP contribution in [0.25, 0.3) is 11.3 Å². The Hall–Kier alpha value is -2.71. The van der Waals surface area contributed by atoms with Crippen LogP contribution in [0.15, 0.2) is 52.3 Å². The van der Waals surface area contributed by atoms with Crippen LogP contribution in [0.4, 0.5) is 10.8 Å². The Morgan fingerprint density at radius 3 is 2.81 bits per heavy atom. The molecule has 1 aromatic heterocycles. The highest BCUT2D eigenvalue weighted by molar-refractivity contribution is 9.10. The Morgan fingerprint density at radius 1 is 1.26 bits per heavy atom. The van der Waals surface area contributed by atoms with E-state index in [9.17, 15) is 9.59 Å². The standard InChI is InChI=1S/C19H14BrN3O3S/c1-10-17(24)21-14-8-12(4-7-16(14)26-10)15-9-27-19(22-15)23-18(25)11-2-5-13(20)6-3-11/h2-10H,1H3,(H,21,24)(H,22,23,25). The lowest BCUT2D eigenvalue weighted by Gasteiger charge is -2.23. The molecule has 3 aromatic rings. The number of fused-ring (bicyclic) bond motifs is 1. The highest BCUT2D eigenvalue weighted by atomic mass is 79.9. The Balaban J connectivity index is 1.53. The molecule has 136 valence electrons. The first-order valence-corrected chi connectivity index (χ1v) is 9.81. The maximum absolute atomic E-state index is 12.3. The molecule has 1 aliphatic rings. The fraction of sp³-hybridized carbons (Fsp3) is 0.105. The first-order valence-electron chi connectivity index (χ1n) is 8.14. The van der Waals surface area contributed by atoms with Gasteiger partial charge in [-0.15, -0.1) is 11.3 Å². The molecule has 0 saturated heterocycles. The predicted molar refractivity (Wildman–Crippen MR) is 108 cm³/mol. The molecule has 2 N–H and O–H groups in total. The van der Waals surface area contributed by atoms with E-state index >= 15 is 0 Å². The summed E-state index contributed by atoms with van der Waals surface area (Å²) in [6.45, 7) is 1.70. The van der Waals surface area contributed by atoms with Gasteiger partial charge in [0.1, 0.15) is 5.75 Å². The van der Waals surface area contributed by atoms with Crippen LogP contribution in [0.2, 0.25) is 0 Å². The number of hydrogen-bond donors (Lipinski definition) is 2. The number of ether oxygens (including phenoxy) is 1. The van der Waals surface area contributed by atoms with E-state index in [1.54, 1.807) is 25.1 Å². The van der Waals surface area contributed by atoms with Crippen molar-refractivity contribution in [2.45, 2.75) is 13.0 Å². The van der Waals surface area contributed by atoms with E-state index in [4.69, 9.17) is 4.74 Å². The number of nitrogens with one attached hydrogen (secondary N) is 2. The Bertz CT molecular complexity index is 1030. The van der Waals surface area contributed by atoms with Crippen molar-refractivity contribution in [1.82, 2.24) is 4.98 Å². The zero-order valence-electron chi connectivity index (χ0n) is 14.2. The quantitative estimate of drug-likeness (QED) is 0.622. The van der Waals surface area contributed by atoms with Gasteiger partial charge in [-0.25, -0.2) is 4.98 Å². The van der Waals surface area contributed by atoms with Crippen molar-refractivity contribution in [3.63, 3.8) is 0 Å². The summed E-state index contributed by atoms with van der Waals surface area (Å²) in [7, 11) is 0. The normalized spacial score (nSPS) is 15.5. The van der Waals surface area contributed by atoms with Crippen molar-refractivity contribution in [1.29, 1.82) is 0 Å². The molecule has 0 spiro atoms. The number of rotatable bonds is 3. The third-order valence-electron chi connectivity index (χ3n) is 4.04. The molecule has 0 bridgehead atoms. The van der Waals surface area contributed by atoms with Gasteiger partial charge in [0, 0.05) is 21.0 Å². The van der Waals surface area contributed by atoms with Crippen molar-refractivity contribution in [3.8, 4) is 17.0 Å². The third kappa shape index (κ3) is 3.72. The van der Waals surface area contributed by atoms with E-state index in [0.717, 1.165) is 10.0 Å². The number of carbonyl (C=O) groups excluding carboxylic acids is 2.